The average molecular weight is 219 g/mol. The normalized spacial score (nSPS) is 26.1. The second kappa shape index (κ2) is 4.77. The highest BCUT2D eigenvalue weighted by atomic mass is 35.5. The highest BCUT2D eigenvalue weighted by Gasteiger charge is 2.26. The third kappa shape index (κ3) is 2.47. The Morgan fingerprint density at radius 3 is 2.93 bits per heavy atom. The monoisotopic (exact) mass is 218 g/mol. The van der Waals surface area contributed by atoms with Gasteiger partial charge < -0.3 is 14.9 Å². The fourth-order valence-corrected chi connectivity index (χ4v) is 1.70. The lowest BCUT2D eigenvalue weighted by Gasteiger charge is -2.09. The predicted molar refractivity (Wildman–Crippen MR) is 54.6 cm³/mol. The number of aliphatic hydroxyl groups excluding tert-OH is 1. The standard InChI is InChI=1S/C9H14N2O2.ClH/c1-6-2-8(13-11-6)3-7-4-10-5-9(7)12;/h2,7,9-10,12H,3-5H2,1H3;1H/t7-,9-;/m1./s1. The highest BCUT2D eigenvalue weighted by molar-refractivity contribution is 5.85. The summed E-state index contributed by atoms with van der Waals surface area (Å²) in [5.74, 6) is 1.14. The Kier molecular flexibility index (Phi) is 3.92. The first kappa shape index (κ1) is 11.5. The molecule has 1 fully saturated rings. The van der Waals surface area contributed by atoms with Crippen LogP contribution in [0.5, 0.6) is 0 Å². The summed E-state index contributed by atoms with van der Waals surface area (Å²) in [7, 11) is 0. The van der Waals surface area contributed by atoms with Gasteiger partial charge in [0.25, 0.3) is 0 Å². The van der Waals surface area contributed by atoms with Crippen molar-refractivity contribution >= 4 is 12.4 Å². The lowest BCUT2D eigenvalue weighted by molar-refractivity contribution is 0.143. The van der Waals surface area contributed by atoms with Crippen LogP contribution in [0.25, 0.3) is 0 Å². The highest BCUT2D eigenvalue weighted by Crippen LogP contribution is 2.16. The molecule has 2 atom stereocenters. The lowest BCUT2D eigenvalue weighted by atomic mass is 10.0. The predicted octanol–water partition coefficient (Wildman–Crippen LogP) is 0.528. The van der Waals surface area contributed by atoms with Crippen molar-refractivity contribution in [1.29, 1.82) is 0 Å². The minimum Gasteiger partial charge on any atom is -0.391 e. The van der Waals surface area contributed by atoms with E-state index in [-0.39, 0.29) is 24.4 Å². The Bertz CT molecular complexity index is 290. The van der Waals surface area contributed by atoms with Gasteiger partial charge >= 0.3 is 0 Å². The number of hydrogen-bond acceptors (Lipinski definition) is 4. The van der Waals surface area contributed by atoms with Gasteiger partial charge in [-0.1, -0.05) is 5.16 Å². The van der Waals surface area contributed by atoms with Crippen LogP contribution in [0.3, 0.4) is 0 Å². The van der Waals surface area contributed by atoms with Crippen LogP contribution in [-0.4, -0.2) is 29.5 Å². The Hall–Kier alpha value is -0.580. The van der Waals surface area contributed by atoms with Crippen molar-refractivity contribution < 1.29 is 9.63 Å². The van der Waals surface area contributed by atoms with Gasteiger partial charge in [0, 0.05) is 31.5 Å². The molecule has 4 nitrogen and oxygen atoms in total. The molecule has 0 aliphatic carbocycles. The summed E-state index contributed by atoms with van der Waals surface area (Å²) in [5, 5.41) is 16.5. The number of aliphatic hydroxyl groups is 1. The van der Waals surface area contributed by atoms with Gasteiger partial charge in [0.2, 0.25) is 0 Å². The van der Waals surface area contributed by atoms with Crippen molar-refractivity contribution in [2.75, 3.05) is 13.1 Å². The van der Waals surface area contributed by atoms with E-state index in [0.717, 1.165) is 24.4 Å². The van der Waals surface area contributed by atoms with Crippen LogP contribution in [-0.2, 0) is 6.42 Å². The van der Waals surface area contributed by atoms with Gasteiger partial charge in [0.05, 0.1) is 11.8 Å². The smallest absolute Gasteiger partial charge is 0.137 e. The molecule has 2 N–H and O–H groups in total. The molecule has 0 aromatic carbocycles. The maximum Gasteiger partial charge on any atom is 0.137 e. The molecule has 1 aromatic heterocycles. The van der Waals surface area contributed by atoms with Crippen LogP contribution < -0.4 is 5.32 Å². The number of nitrogens with zero attached hydrogens (tertiary/aromatic N) is 1. The van der Waals surface area contributed by atoms with Crippen LogP contribution in [0, 0.1) is 12.8 Å². The minimum atomic E-state index is -0.245. The fraction of sp³-hybridized carbons (Fsp3) is 0.667. The van der Waals surface area contributed by atoms with E-state index in [2.05, 4.69) is 10.5 Å². The molecule has 1 aliphatic rings. The van der Waals surface area contributed by atoms with E-state index in [1.807, 2.05) is 13.0 Å². The molecule has 14 heavy (non-hydrogen) atoms. The summed E-state index contributed by atoms with van der Waals surface area (Å²) in [4.78, 5) is 0. The summed E-state index contributed by atoms with van der Waals surface area (Å²) >= 11 is 0. The maximum absolute atomic E-state index is 9.53. The van der Waals surface area contributed by atoms with Crippen molar-refractivity contribution in [3.05, 3.63) is 17.5 Å². The molecule has 0 spiro atoms. The molecule has 0 bridgehead atoms. The van der Waals surface area contributed by atoms with E-state index >= 15 is 0 Å². The third-order valence-electron chi connectivity index (χ3n) is 2.44. The zero-order valence-corrected chi connectivity index (χ0v) is 8.88. The molecular weight excluding hydrogens is 204 g/mol. The molecule has 0 radical (unpaired) electrons. The topological polar surface area (TPSA) is 58.3 Å². The van der Waals surface area contributed by atoms with Crippen molar-refractivity contribution in [3.63, 3.8) is 0 Å². The van der Waals surface area contributed by atoms with Crippen molar-refractivity contribution in [3.8, 4) is 0 Å². The molecule has 5 heteroatoms. The second-order valence-corrected chi connectivity index (χ2v) is 3.62. The molecule has 0 saturated carbocycles. The summed E-state index contributed by atoms with van der Waals surface area (Å²) in [6, 6.07) is 1.92. The Balaban J connectivity index is 0.000000980. The number of aromatic nitrogens is 1. The van der Waals surface area contributed by atoms with E-state index in [9.17, 15) is 5.11 Å². The number of halogens is 1. The zero-order chi connectivity index (χ0) is 9.26. The quantitative estimate of drug-likeness (QED) is 0.760. The molecular formula is C9H15ClN2O2. The maximum atomic E-state index is 9.53. The van der Waals surface area contributed by atoms with Crippen molar-refractivity contribution in [2.24, 2.45) is 5.92 Å². The van der Waals surface area contributed by atoms with Gasteiger partial charge in [-0.3, -0.25) is 0 Å². The average Bonchev–Trinajstić information content (AvgIpc) is 2.64. The third-order valence-corrected chi connectivity index (χ3v) is 2.44. The van der Waals surface area contributed by atoms with Gasteiger partial charge in [0.15, 0.2) is 0 Å². The summed E-state index contributed by atoms with van der Waals surface area (Å²) in [6.07, 6.45) is 0.528. The lowest BCUT2D eigenvalue weighted by Crippen LogP contribution is -2.19. The number of nitrogens with one attached hydrogen (secondary N) is 1. The molecule has 1 aromatic rings. The van der Waals surface area contributed by atoms with Crippen LogP contribution in [0.4, 0.5) is 0 Å². The molecule has 2 rings (SSSR count). The van der Waals surface area contributed by atoms with E-state index in [1.165, 1.54) is 0 Å². The SMILES string of the molecule is Cc1cc(C[C@@H]2CNC[C@H]2O)on1.Cl. The molecule has 80 valence electrons. The van der Waals surface area contributed by atoms with Gasteiger partial charge in [-0.25, -0.2) is 0 Å². The molecule has 2 heterocycles. The zero-order valence-electron chi connectivity index (χ0n) is 8.06. The van der Waals surface area contributed by atoms with Gasteiger partial charge in [-0.15, -0.1) is 12.4 Å². The number of rotatable bonds is 2. The Morgan fingerprint density at radius 1 is 1.64 bits per heavy atom. The van der Waals surface area contributed by atoms with Crippen molar-refractivity contribution in [2.45, 2.75) is 19.4 Å². The number of aryl methyl sites for hydroxylation is 1. The largest absolute Gasteiger partial charge is 0.391 e. The van der Waals surface area contributed by atoms with E-state index < -0.39 is 0 Å². The number of β-amino-alcohol motifs (C(OH)–C–C–N with tert-alkyl or cyclic N) is 1. The van der Waals surface area contributed by atoms with Crippen LogP contribution in [0.2, 0.25) is 0 Å². The fourth-order valence-electron chi connectivity index (χ4n) is 1.70. The van der Waals surface area contributed by atoms with Gasteiger partial charge in [-0.05, 0) is 6.92 Å². The summed E-state index contributed by atoms with van der Waals surface area (Å²) in [5.41, 5.74) is 0.899. The van der Waals surface area contributed by atoms with E-state index in [1.54, 1.807) is 0 Å². The molecule has 1 aliphatic heterocycles. The summed E-state index contributed by atoms with van der Waals surface area (Å²) in [6.45, 7) is 3.45. The Morgan fingerprint density at radius 2 is 2.43 bits per heavy atom. The van der Waals surface area contributed by atoms with E-state index in [4.69, 9.17) is 4.52 Å². The van der Waals surface area contributed by atoms with Gasteiger partial charge in [-0.2, -0.15) is 0 Å². The van der Waals surface area contributed by atoms with Crippen LogP contribution >= 0.6 is 12.4 Å². The molecule has 0 unspecified atom stereocenters. The van der Waals surface area contributed by atoms with Crippen molar-refractivity contribution in [1.82, 2.24) is 10.5 Å². The second-order valence-electron chi connectivity index (χ2n) is 3.62. The minimum absolute atomic E-state index is 0. The van der Waals surface area contributed by atoms with E-state index in [0.29, 0.717) is 6.54 Å². The summed E-state index contributed by atoms with van der Waals surface area (Å²) < 4.78 is 5.09. The first-order valence-corrected chi connectivity index (χ1v) is 4.56. The van der Waals surface area contributed by atoms with Crippen LogP contribution in [0.1, 0.15) is 11.5 Å². The molecule has 1 saturated heterocycles. The first-order valence-electron chi connectivity index (χ1n) is 4.56. The van der Waals surface area contributed by atoms with Crippen LogP contribution in [0.15, 0.2) is 10.6 Å². The first-order chi connectivity index (χ1) is 6.25. The molecule has 0 amide bonds. The van der Waals surface area contributed by atoms with Gasteiger partial charge in [0.1, 0.15) is 5.76 Å². The number of hydrogen-bond donors (Lipinski definition) is 2. The Labute approximate surface area is 89.1 Å².